The van der Waals surface area contributed by atoms with Crippen molar-refractivity contribution in [3.63, 3.8) is 0 Å². The summed E-state index contributed by atoms with van der Waals surface area (Å²) in [5, 5.41) is 5.92. The van der Waals surface area contributed by atoms with Gasteiger partial charge in [0.25, 0.3) is 0 Å². The minimum absolute atomic E-state index is 0.579. The van der Waals surface area contributed by atoms with E-state index in [1.165, 1.54) is 0 Å². The van der Waals surface area contributed by atoms with Crippen LogP contribution in [0.15, 0.2) is 30.3 Å². The zero-order chi connectivity index (χ0) is 13.1. The van der Waals surface area contributed by atoms with E-state index in [-0.39, 0.29) is 0 Å². The van der Waals surface area contributed by atoms with E-state index in [0.717, 1.165) is 22.7 Å². The highest BCUT2D eigenvalue weighted by atomic mass is 35.5. The summed E-state index contributed by atoms with van der Waals surface area (Å²) >= 11 is 12.1. The Kier molecular flexibility index (Phi) is 4.31. The predicted molar refractivity (Wildman–Crippen MR) is 76.3 cm³/mol. The first-order chi connectivity index (χ1) is 8.54. The molecule has 0 atom stereocenters. The summed E-state index contributed by atoms with van der Waals surface area (Å²) < 4.78 is 1.81. The first-order valence-electron chi connectivity index (χ1n) is 6.01. The van der Waals surface area contributed by atoms with Crippen molar-refractivity contribution in [2.75, 3.05) is 0 Å². The average Bonchev–Trinajstić information content (AvgIpc) is 2.58. The van der Waals surface area contributed by atoms with Gasteiger partial charge < -0.3 is 0 Å². The van der Waals surface area contributed by atoms with Gasteiger partial charge in [-0.2, -0.15) is 5.10 Å². The predicted octanol–water partition coefficient (Wildman–Crippen LogP) is 4.44. The number of nitrogens with zero attached hydrogens (tertiary/aromatic N) is 2. The minimum Gasteiger partial charge on any atom is -0.249 e. The SMILES string of the molecule is CC(C)Cc1cc(Cl)n(Cc2cccc(Cl)c2)n1. The normalized spacial score (nSPS) is 11.2. The van der Waals surface area contributed by atoms with Crippen LogP contribution in [0.1, 0.15) is 25.1 Å². The maximum absolute atomic E-state index is 6.19. The van der Waals surface area contributed by atoms with Crippen molar-refractivity contribution in [3.8, 4) is 0 Å². The smallest absolute Gasteiger partial charge is 0.127 e. The standard InChI is InChI=1S/C14H16Cl2N2/c1-10(2)6-13-8-14(16)18(17-13)9-11-4-3-5-12(15)7-11/h3-5,7-8,10H,6,9H2,1-2H3. The topological polar surface area (TPSA) is 17.8 Å². The van der Waals surface area contributed by atoms with Crippen molar-refractivity contribution in [3.05, 3.63) is 51.8 Å². The molecule has 2 rings (SSSR count). The fourth-order valence-electron chi connectivity index (χ4n) is 1.88. The van der Waals surface area contributed by atoms with Crippen LogP contribution in [-0.2, 0) is 13.0 Å². The quantitative estimate of drug-likeness (QED) is 0.811. The lowest BCUT2D eigenvalue weighted by Gasteiger charge is -2.04. The molecule has 0 aliphatic carbocycles. The van der Waals surface area contributed by atoms with E-state index in [2.05, 4.69) is 18.9 Å². The molecule has 0 saturated carbocycles. The van der Waals surface area contributed by atoms with Crippen LogP contribution >= 0.6 is 23.2 Å². The molecule has 2 aromatic rings. The van der Waals surface area contributed by atoms with Crippen LogP contribution < -0.4 is 0 Å². The number of halogens is 2. The van der Waals surface area contributed by atoms with Gasteiger partial charge in [0.1, 0.15) is 5.15 Å². The summed E-state index contributed by atoms with van der Waals surface area (Å²) in [6.07, 6.45) is 0.947. The molecule has 18 heavy (non-hydrogen) atoms. The molecule has 0 N–H and O–H groups in total. The van der Waals surface area contributed by atoms with Crippen molar-refractivity contribution < 1.29 is 0 Å². The lowest BCUT2D eigenvalue weighted by Crippen LogP contribution is -2.03. The second kappa shape index (κ2) is 5.77. The summed E-state index contributed by atoms with van der Waals surface area (Å²) in [6, 6.07) is 9.68. The Bertz CT molecular complexity index is 532. The first kappa shape index (κ1) is 13.4. The van der Waals surface area contributed by atoms with Gasteiger partial charge in [-0.25, -0.2) is 4.68 Å². The van der Waals surface area contributed by atoms with E-state index in [9.17, 15) is 0 Å². The van der Waals surface area contributed by atoms with E-state index in [4.69, 9.17) is 23.2 Å². The minimum atomic E-state index is 0.579. The first-order valence-corrected chi connectivity index (χ1v) is 6.77. The number of aromatic nitrogens is 2. The van der Waals surface area contributed by atoms with Gasteiger partial charge in [0.15, 0.2) is 0 Å². The molecule has 96 valence electrons. The number of benzene rings is 1. The van der Waals surface area contributed by atoms with Gasteiger partial charge in [-0.1, -0.05) is 49.2 Å². The molecular weight excluding hydrogens is 267 g/mol. The van der Waals surface area contributed by atoms with Crippen molar-refractivity contribution >= 4 is 23.2 Å². The number of rotatable bonds is 4. The van der Waals surface area contributed by atoms with Gasteiger partial charge in [0.2, 0.25) is 0 Å². The zero-order valence-corrected chi connectivity index (χ0v) is 12.0. The van der Waals surface area contributed by atoms with Crippen molar-refractivity contribution in [2.45, 2.75) is 26.8 Å². The molecule has 0 aliphatic rings. The lowest BCUT2D eigenvalue weighted by molar-refractivity contribution is 0.608. The monoisotopic (exact) mass is 282 g/mol. The molecule has 0 spiro atoms. The molecule has 0 aliphatic heterocycles. The Morgan fingerprint density at radius 1 is 1.22 bits per heavy atom. The van der Waals surface area contributed by atoms with Crippen LogP contribution in [0, 0.1) is 5.92 Å². The Labute approximate surface area is 118 Å². The number of hydrogen-bond donors (Lipinski definition) is 0. The molecule has 4 heteroatoms. The van der Waals surface area contributed by atoms with Crippen molar-refractivity contribution in [1.82, 2.24) is 9.78 Å². The Hall–Kier alpha value is -0.990. The Morgan fingerprint density at radius 2 is 2.00 bits per heavy atom. The third kappa shape index (κ3) is 3.50. The maximum Gasteiger partial charge on any atom is 0.127 e. The number of hydrogen-bond acceptors (Lipinski definition) is 1. The molecule has 1 aromatic heterocycles. The third-order valence-corrected chi connectivity index (χ3v) is 3.16. The van der Waals surface area contributed by atoms with E-state index in [1.807, 2.05) is 35.0 Å². The third-order valence-electron chi connectivity index (χ3n) is 2.62. The van der Waals surface area contributed by atoms with Crippen LogP contribution in [0.5, 0.6) is 0 Å². The molecule has 1 heterocycles. The highest BCUT2D eigenvalue weighted by Crippen LogP contribution is 2.17. The maximum atomic E-state index is 6.19. The van der Waals surface area contributed by atoms with Crippen molar-refractivity contribution in [1.29, 1.82) is 0 Å². The highest BCUT2D eigenvalue weighted by Gasteiger charge is 2.08. The molecule has 0 radical (unpaired) electrons. The largest absolute Gasteiger partial charge is 0.249 e. The summed E-state index contributed by atoms with van der Waals surface area (Å²) in [5.41, 5.74) is 2.14. The second-order valence-corrected chi connectivity index (χ2v) is 5.67. The van der Waals surface area contributed by atoms with Crippen LogP contribution in [0.3, 0.4) is 0 Å². The molecule has 0 amide bonds. The fraction of sp³-hybridized carbons (Fsp3) is 0.357. The molecule has 1 aromatic carbocycles. The van der Waals surface area contributed by atoms with Gasteiger partial charge in [0.05, 0.1) is 12.2 Å². The molecular formula is C14H16Cl2N2. The van der Waals surface area contributed by atoms with E-state index in [0.29, 0.717) is 17.6 Å². The van der Waals surface area contributed by atoms with E-state index >= 15 is 0 Å². The second-order valence-electron chi connectivity index (χ2n) is 4.84. The van der Waals surface area contributed by atoms with Gasteiger partial charge in [-0.15, -0.1) is 0 Å². The van der Waals surface area contributed by atoms with Gasteiger partial charge in [-0.3, -0.25) is 0 Å². The molecule has 0 unspecified atom stereocenters. The Morgan fingerprint density at radius 3 is 2.67 bits per heavy atom. The van der Waals surface area contributed by atoms with Crippen LogP contribution in [-0.4, -0.2) is 9.78 Å². The molecule has 0 bridgehead atoms. The van der Waals surface area contributed by atoms with E-state index in [1.54, 1.807) is 0 Å². The van der Waals surface area contributed by atoms with Crippen molar-refractivity contribution in [2.24, 2.45) is 5.92 Å². The van der Waals surface area contributed by atoms with E-state index < -0.39 is 0 Å². The summed E-state index contributed by atoms with van der Waals surface area (Å²) in [4.78, 5) is 0. The molecule has 0 saturated heterocycles. The van der Waals surface area contributed by atoms with Gasteiger partial charge in [-0.05, 0) is 36.1 Å². The summed E-state index contributed by atoms with van der Waals surface area (Å²) in [6.45, 7) is 4.99. The fourth-order valence-corrected chi connectivity index (χ4v) is 2.32. The average molecular weight is 283 g/mol. The zero-order valence-electron chi connectivity index (χ0n) is 10.5. The summed E-state index contributed by atoms with van der Waals surface area (Å²) in [7, 11) is 0. The molecule has 2 nitrogen and oxygen atoms in total. The highest BCUT2D eigenvalue weighted by molar-refractivity contribution is 6.30. The lowest BCUT2D eigenvalue weighted by atomic mass is 10.1. The van der Waals surface area contributed by atoms with Crippen LogP contribution in [0.25, 0.3) is 0 Å². The molecule has 0 fully saturated rings. The van der Waals surface area contributed by atoms with Gasteiger partial charge >= 0.3 is 0 Å². The Balaban J connectivity index is 2.16. The summed E-state index contributed by atoms with van der Waals surface area (Å²) in [5.74, 6) is 0.579. The van der Waals surface area contributed by atoms with Crippen LogP contribution in [0.4, 0.5) is 0 Å². The van der Waals surface area contributed by atoms with Crippen LogP contribution in [0.2, 0.25) is 10.2 Å². The van der Waals surface area contributed by atoms with Gasteiger partial charge in [0, 0.05) is 5.02 Å².